The lowest BCUT2D eigenvalue weighted by Crippen LogP contribution is -2.39. The van der Waals surface area contributed by atoms with Crippen LogP contribution in [0, 0.1) is 0 Å². The highest BCUT2D eigenvalue weighted by Crippen LogP contribution is 2.22. The van der Waals surface area contributed by atoms with Gasteiger partial charge in [0.15, 0.2) is 0 Å². The molecule has 1 N–H and O–H groups in total. The Bertz CT molecular complexity index is 680. The van der Waals surface area contributed by atoms with Crippen molar-refractivity contribution >= 4 is 34.9 Å². The molecule has 0 saturated heterocycles. The first-order valence-corrected chi connectivity index (χ1v) is 9.11. The Balaban J connectivity index is 1.41. The zero-order valence-electron chi connectivity index (χ0n) is 13.0. The van der Waals surface area contributed by atoms with E-state index in [0.717, 1.165) is 30.6 Å². The number of carbonyl (C=O) groups excluding carboxylic acids is 1. The molecule has 0 aliphatic heterocycles. The predicted octanol–water partition coefficient (Wildman–Crippen LogP) is 3.71. The van der Waals surface area contributed by atoms with Gasteiger partial charge in [-0.2, -0.15) is 0 Å². The first-order chi connectivity index (χ1) is 11.7. The Morgan fingerprint density at radius 1 is 1.29 bits per heavy atom. The van der Waals surface area contributed by atoms with Gasteiger partial charge in [-0.25, -0.2) is 9.97 Å². The summed E-state index contributed by atoms with van der Waals surface area (Å²) in [5.74, 6) is -0.0474. The molecule has 2 heterocycles. The van der Waals surface area contributed by atoms with Crippen LogP contribution < -0.4 is 10.1 Å². The van der Waals surface area contributed by atoms with E-state index in [1.165, 1.54) is 12.4 Å². The van der Waals surface area contributed by atoms with Crippen molar-refractivity contribution in [3.8, 4) is 6.01 Å². The van der Waals surface area contributed by atoms with Crippen LogP contribution >= 0.6 is 22.9 Å². The lowest BCUT2D eigenvalue weighted by Gasteiger charge is -2.28. The number of aromatic nitrogens is 2. The molecule has 24 heavy (non-hydrogen) atoms. The number of carbonyl (C=O) groups is 1. The van der Waals surface area contributed by atoms with Gasteiger partial charge in [0.25, 0.3) is 0 Å². The van der Waals surface area contributed by atoms with Gasteiger partial charge in [-0.05, 0) is 43.2 Å². The quantitative estimate of drug-likeness (QED) is 0.822. The second-order valence-corrected chi connectivity index (χ2v) is 7.05. The number of rotatable bonds is 5. The fraction of sp³-hybridized carbons (Fsp3) is 0.353. The van der Waals surface area contributed by atoms with Crippen LogP contribution in [-0.4, -0.2) is 28.0 Å². The van der Waals surface area contributed by atoms with Crippen molar-refractivity contribution in [3.05, 3.63) is 45.9 Å². The maximum atomic E-state index is 12.0. The van der Waals surface area contributed by atoms with Gasteiger partial charge < -0.3 is 10.1 Å². The van der Waals surface area contributed by atoms with Crippen LogP contribution in [0.5, 0.6) is 6.01 Å². The Labute approximate surface area is 149 Å². The predicted molar refractivity (Wildman–Crippen MR) is 95.2 cm³/mol. The molecule has 0 atom stereocenters. The summed E-state index contributed by atoms with van der Waals surface area (Å²) < 4.78 is 5.75. The van der Waals surface area contributed by atoms with Crippen molar-refractivity contribution in [1.82, 2.24) is 15.3 Å². The minimum atomic E-state index is -0.0474. The highest BCUT2D eigenvalue weighted by Gasteiger charge is 2.23. The largest absolute Gasteiger partial charge is 0.460 e. The number of hydrogen-bond acceptors (Lipinski definition) is 5. The standard InChI is InChI=1S/C17H18ClN3O2S/c18-12-10-19-17(20-11-12)23-14-5-3-13(4-6-14)21-16(22)8-7-15-2-1-9-24-15/h1-2,7-11,13-14H,3-6H2,(H,21,22)/b8-7+. The van der Waals surface area contributed by atoms with Gasteiger partial charge in [0, 0.05) is 17.0 Å². The van der Waals surface area contributed by atoms with E-state index in [2.05, 4.69) is 15.3 Å². The summed E-state index contributed by atoms with van der Waals surface area (Å²) in [7, 11) is 0. The molecule has 5 nitrogen and oxygen atoms in total. The van der Waals surface area contributed by atoms with Crippen LogP contribution in [0.4, 0.5) is 0 Å². The van der Waals surface area contributed by atoms with E-state index < -0.39 is 0 Å². The SMILES string of the molecule is O=C(/C=C/c1cccs1)NC1CCC(Oc2ncc(Cl)cn2)CC1. The molecule has 1 fully saturated rings. The normalized spacial score (nSPS) is 20.9. The molecule has 1 aliphatic rings. The molecule has 2 aromatic heterocycles. The van der Waals surface area contributed by atoms with Crippen molar-refractivity contribution in [1.29, 1.82) is 0 Å². The number of hydrogen-bond donors (Lipinski definition) is 1. The van der Waals surface area contributed by atoms with E-state index in [1.54, 1.807) is 17.4 Å². The topological polar surface area (TPSA) is 64.1 Å². The summed E-state index contributed by atoms with van der Waals surface area (Å²) in [4.78, 5) is 21.1. The van der Waals surface area contributed by atoms with Gasteiger partial charge in [-0.15, -0.1) is 11.3 Å². The molecule has 1 amide bonds. The highest BCUT2D eigenvalue weighted by molar-refractivity contribution is 7.10. The maximum absolute atomic E-state index is 12.0. The van der Waals surface area contributed by atoms with E-state index in [-0.39, 0.29) is 18.1 Å². The number of halogens is 1. The first kappa shape index (κ1) is 16.9. The van der Waals surface area contributed by atoms with Crippen LogP contribution in [-0.2, 0) is 4.79 Å². The summed E-state index contributed by atoms with van der Waals surface area (Å²) in [5, 5.41) is 5.53. The third-order valence-electron chi connectivity index (χ3n) is 3.83. The lowest BCUT2D eigenvalue weighted by atomic mass is 9.93. The van der Waals surface area contributed by atoms with E-state index >= 15 is 0 Å². The smallest absolute Gasteiger partial charge is 0.316 e. The molecule has 1 saturated carbocycles. The Morgan fingerprint density at radius 3 is 2.71 bits per heavy atom. The van der Waals surface area contributed by atoms with Gasteiger partial charge in [-0.3, -0.25) is 4.79 Å². The molecule has 0 unspecified atom stereocenters. The third-order valence-corrected chi connectivity index (χ3v) is 4.86. The average Bonchev–Trinajstić information content (AvgIpc) is 3.10. The number of nitrogens with one attached hydrogen (secondary N) is 1. The summed E-state index contributed by atoms with van der Waals surface area (Å²) in [6.07, 6.45) is 10.1. The molecule has 0 bridgehead atoms. The fourth-order valence-corrected chi connectivity index (χ4v) is 3.34. The van der Waals surface area contributed by atoms with E-state index in [4.69, 9.17) is 16.3 Å². The zero-order valence-corrected chi connectivity index (χ0v) is 14.6. The molecule has 1 aliphatic carbocycles. The zero-order chi connectivity index (χ0) is 16.8. The molecule has 0 radical (unpaired) electrons. The fourth-order valence-electron chi connectivity index (χ4n) is 2.63. The van der Waals surface area contributed by atoms with Gasteiger partial charge in [0.05, 0.1) is 17.4 Å². The molecular formula is C17H18ClN3O2S. The summed E-state index contributed by atoms with van der Waals surface area (Å²) in [5.41, 5.74) is 0. The van der Waals surface area contributed by atoms with Crippen molar-refractivity contribution in [2.45, 2.75) is 37.8 Å². The van der Waals surface area contributed by atoms with E-state index in [9.17, 15) is 4.79 Å². The van der Waals surface area contributed by atoms with E-state index in [1.807, 2.05) is 23.6 Å². The molecule has 3 rings (SSSR count). The van der Waals surface area contributed by atoms with Crippen LogP contribution in [0.1, 0.15) is 30.6 Å². The van der Waals surface area contributed by atoms with Gasteiger partial charge in [0.2, 0.25) is 5.91 Å². The summed E-state index contributed by atoms with van der Waals surface area (Å²) in [6.45, 7) is 0. The Morgan fingerprint density at radius 2 is 2.04 bits per heavy atom. The van der Waals surface area contributed by atoms with Crippen molar-refractivity contribution in [2.75, 3.05) is 0 Å². The van der Waals surface area contributed by atoms with Gasteiger partial charge >= 0.3 is 6.01 Å². The van der Waals surface area contributed by atoms with Gasteiger partial charge in [-0.1, -0.05) is 17.7 Å². The molecular weight excluding hydrogens is 346 g/mol. The van der Waals surface area contributed by atoms with Crippen LogP contribution in [0.15, 0.2) is 36.0 Å². The Hall–Kier alpha value is -1.92. The number of ether oxygens (including phenoxy) is 1. The maximum Gasteiger partial charge on any atom is 0.316 e. The van der Waals surface area contributed by atoms with Gasteiger partial charge in [0.1, 0.15) is 6.10 Å². The average molecular weight is 364 g/mol. The van der Waals surface area contributed by atoms with E-state index in [0.29, 0.717) is 11.0 Å². The van der Waals surface area contributed by atoms with Crippen molar-refractivity contribution < 1.29 is 9.53 Å². The second-order valence-electron chi connectivity index (χ2n) is 5.63. The third kappa shape index (κ3) is 5.04. The van der Waals surface area contributed by atoms with Crippen molar-refractivity contribution in [2.24, 2.45) is 0 Å². The highest BCUT2D eigenvalue weighted by atomic mass is 35.5. The number of amides is 1. The number of nitrogens with zero attached hydrogens (tertiary/aromatic N) is 2. The molecule has 7 heteroatoms. The minimum Gasteiger partial charge on any atom is -0.460 e. The van der Waals surface area contributed by atoms with Crippen molar-refractivity contribution in [3.63, 3.8) is 0 Å². The van der Waals surface area contributed by atoms with Crippen LogP contribution in [0.25, 0.3) is 6.08 Å². The lowest BCUT2D eigenvalue weighted by molar-refractivity contribution is -0.117. The molecule has 126 valence electrons. The molecule has 0 spiro atoms. The number of thiophene rings is 1. The molecule has 2 aromatic rings. The monoisotopic (exact) mass is 363 g/mol. The minimum absolute atomic E-state index is 0.0474. The first-order valence-electron chi connectivity index (χ1n) is 7.85. The van der Waals surface area contributed by atoms with Crippen LogP contribution in [0.2, 0.25) is 5.02 Å². The molecule has 0 aromatic carbocycles. The Kier molecular flexibility index (Phi) is 5.82. The van der Waals surface area contributed by atoms with Crippen LogP contribution in [0.3, 0.4) is 0 Å². The summed E-state index contributed by atoms with van der Waals surface area (Å²) >= 11 is 7.36. The summed E-state index contributed by atoms with van der Waals surface area (Å²) in [6, 6.07) is 4.49. The second kappa shape index (κ2) is 8.26.